The number of nitrogens with zero attached hydrogens (tertiary/aromatic N) is 2. The Kier molecular flexibility index (Phi) is 4.67. The number of carbonyl (C=O) groups is 3. The molecule has 1 aliphatic rings. The maximum absolute atomic E-state index is 12.7. The number of hydrogen-bond acceptors (Lipinski definition) is 5. The van der Waals surface area contributed by atoms with Crippen molar-refractivity contribution < 1.29 is 19.1 Å². The molecule has 1 aromatic heterocycles. The Hall–Kier alpha value is -2.93. The van der Waals surface area contributed by atoms with Crippen molar-refractivity contribution in [3.8, 4) is 0 Å². The van der Waals surface area contributed by atoms with Gasteiger partial charge in [-0.25, -0.2) is 9.78 Å². The zero-order valence-electron chi connectivity index (χ0n) is 13.2. The molecule has 8 heteroatoms. The van der Waals surface area contributed by atoms with Gasteiger partial charge in [-0.3, -0.25) is 14.5 Å². The summed E-state index contributed by atoms with van der Waals surface area (Å²) in [6.45, 7) is 1.30. The molecule has 128 valence electrons. The quantitative estimate of drug-likeness (QED) is 0.849. The lowest BCUT2D eigenvalue weighted by atomic mass is 10.1. The standard InChI is InChI=1S/C17H14ClN3O4/c1-10(25-17(24)13-8-11(18)6-7-19-13)16(23)21-9-15(22)20-12-4-2-3-5-14(12)21/h2-8,10H,9H2,1H3,(H,20,22)/t10-/m0/s1. The summed E-state index contributed by atoms with van der Waals surface area (Å²) in [6, 6.07) is 9.78. The molecule has 7 nitrogen and oxygen atoms in total. The van der Waals surface area contributed by atoms with Crippen molar-refractivity contribution in [1.29, 1.82) is 0 Å². The van der Waals surface area contributed by atoms with Gasteiger partial charge in [0.25, 0.3) is 5.91 Å². The van der Waals surface area contributed by atoms with E-state index in [2.05, 4.69) is 10.3 Å². The van der Waals surface area contributed by atoms with E-state index in [9.17, 15) is 14.4 Å². The molecule has 0 spiro atoms. The largest absolute Gasteiger partial charge is 0.448 e. The Morgan fingerprint density at radius 3 is 2.84 bits per heavy atom. The van der Waals surface area contributed by atoms with Gasteiger partial charge in [0, 0.05) is 11.2 Å². The zero-order valence-corrected chi connectivity index (χ0v) is 14.0. The molecular weight excluding hydrogens is 346 g/mol. The molecule has 1 atom stereocenters. The van der Waals surface area contributed by atoms with Crippen LogP contribution in [0.15, 0.2) is 42.6 Å². The van der Waals surface area contributed by atoms with E-state index in [1.165, 1.54) is 30.2 Å². The van der Waals surface area contributed by atoms with Gasteiger partial charge in [-0.05, 0) is 31.2 Å². The Bertz CT molecular complexity index is 855. The summed E-state index contributed by atoms with van der Waals surface area (Å²) in [6.07, 6.45) is 0.281. The number of ether oxygens (including phenoxy) is 1. The van der Waals surface area contributed by atoms with Crippen LogP contribution in [0, 0.1) is 0 Å². The average molecular weight is 360 g/mol. The Morgan fingerprint density at radius 2 is 2.08 bits per heavy atom. The Labute approximate surface area is 148 Å². The fourth-order valence-corrected chi connectivity index (χ4v) is 2.60. The zero-order chi connectivity index (χ0) is 18.0. The van der Waals surface area contributed by atoms with E-state index in [0.717, 1.165) is 0 Å². The van der Waals surface area contributed by atoms with Crippen LogP contribution in [0.25, 0.3) is 0 Å². The second-order valence-electron chi connectivity index (χ2n) is 5.40. The molecule has 2 amide bonds. The molecule has 1 aliphatic heterocycles. The van der Waals surface area contributed by atoms with Gasteiger partial charge in [-0.2, -0.15) is 0 Å². The molecule has 25 heavy (non-hydrogen) atoms. The predicted octanol–water partition coefficient (Wildman–Crippen LogP) is 2.27. The van der Waals surface area contributed by atoms with Gasteiger partial charge in [0.15, 0.2) is 6.10 Å². The Morgan fingerprint density at radius 1 is 1.32 bits per heavy atom. The van der Waals surface area contributed by atoms with Crippen LogP contribution in [0.1, 0.15) is 17.4 Å². The van der Waals surface area contributed by atoms with Gasteiger partial charge in [0.05, 0.1) is 11.4 Å². The maximum atomic E-state index is 12.7. The number of esters is 1. The number of rotatable bonds is 3. The third kappa shape index (κ3) is 3.61. The van der Waals surface area contributed by atoms with Crippen LogP contribution < -0.4 is 10.2 Å². The number of nitrogens with one attached hydrogen (secondary N) is 1. The molecule has 0 unspecified atom stereocenters. The van der Waals surface area contributed by atoms with E-state index < -0.39 is 18.0 Å². The normalized spacial score (nSPS) is 14.3. The van der Waals surface area contributed by atoms with Crippen LogP contribution in [0.3, 0.4) is 0 Å². The van der Waals surface area contributed by atoms with Crippen LogP contribution >= 0.6 is 11.6 Å². The first-order valence-corrected chi connectivity index (χ1v) is 7.86. The molecule has 0 fully saturated rings. The van der Waals surface area contributed by atoms with Gasteiger partial charge in [-0.15, -0.1) is 0 Å². The van der Waals surface area contributed by atoms with Gasteiger partial charge < -0.3 is 10.1 Å². The molecule has 3 rings (SSSR count). The molecule has 1 aromatic carbocycles. The third-order valence-electron chi connectivity index (χ3n) is 3.60. The van der Waals surface area contributed by atoms with Crippen molar-refractivity contribution in [3.63, 3.8) is 0 Å². The second kappa shape index (κ2) is 6.90. The number of pyridine rings is 1. The van der Waals surface area contributed by atoms with Crippen molar-refractivity contribution in [2.45, 2.75) is 13.0 Å². The Balaban J connectivity index is 1.77. The van der Waals surface area contributed by atoms with Gasteiger partial charge in [0.1, 0.15) is 12.2 Å². The number of benzene rings is 1. The molecule has 0 radical (unpaired) electrons. The highest BCUT2D eigenvalue weighted by molar-refractivity contribution is 6.30. The van der Waals surface area contributed by atoms with Crippen molar-refractivity contribution in [2.75, 3.05) is 16.8 Å². The molecule has 2 aromatic rings. The van der Waals surface area contributed by atoms with Crippen LogP contribution in [0.2, 0.25) is 5.02 Å². The van der Waals surface area contributed by atoms with Crippen molar-refractivity contribution in [1.82, 2.24) is 4.98 Å². The lowest BCUT2D eigenvalue weighted by Crippen LogP contribution is -2.47. The minimum atomic E-state index is -1.09. The first-order chi connectivity index (χ1) is 12.0. The van der Waals surface area contributed by atoms with Crippen molar-refractivity contribution in [3.05, 3.63) is 53.3 Å². The number of aromatic nitrogens is 1. The molecule has 0 saturated carbocycles. The lowest BCUT2D eigenvalue weighted by molar-refractivity contribution is -0.128. The molecule has 0 saturated heterocycles. The molecule has 0 aliphatic carbocycles. The summed E-state index contributed by atoms with van der Waals surface area (Å²) in [5.41, 5.74) is 1.09. The summed E-state index contributed by atoms with van der Waals surface area (Å²) in [7, 11) is 0. The van der Waals surface area contributed by atoms with E-state index in [1.54, 1.807) is 24.3 Å². The van der Waals surface area contributed by atoms with Gasteiger partial charge in [-0.1, -0.05) is 23.7 Å². The number of hydrogen-bond donors (Lipinski definition) is 1. The molecule has 0 bridgehead atoms. The highest BCUT2D eigenvalue weighted by atomic mass is 35.5. The van der Waals surface area contributed by atoms with E-state index in [1.807, 2.05) is 0 Å². The number of anilines is 2. The lowest BCUT2D eigenvalue weighted by Gasteiger charge is -2.30. The smallest absolute Gasteiger partial charge is 0.357 e. The van der Waals surface area contributed by atoms with E-state index in [4.69, 9.17) is 16.3 Å². The van der Waals surface area contributed by atoms with Crippen LogP contribution in [-0.4, -0.2) is 35.4 Å². The highest BCUT2D eigenvalue weighted by Crippen LogP contribution is 2.29. The molecule has 1 N–H and O–H groups in total. The molecule has 2 heterocycles. The monoisotopic (exact) mass is 359 g/mol. The summed E-state index contributed by atoms with van der Waals surface area (Å²) < 4.78 is 5.17. The summed E-state index contributed by atoms with van der Waals surface area (Å²) >= 11 is 5.81. The SMILES string of the molecule is C[C@H](OC(=O)c1cc(Cl)ccn1)C(=O)N1CC(=O)Nc2ccccc21. The predicted molar refractivity (Wildman–Crippen MR) is 91.5 cm³/mol. The number of carbonyl (C=O) groups excluding carboxylic acids is 3. The topological polar surface area (TPSA) is 88.6 Å². The van der Waals surface area contributed by atoms with E-state index in [0.29, 0.717) is 16.4 Å². The van der Waals surface area contributed by atoms with Gasteiger partial charge in [0.2, 0.25) is 5.91 Å². The first kappa shape index (κ1) is 16.9. The first-order valence-electron chi connectivity index (χ1n) is 7.48. The third-order valence-corrected chi connectivity index (χ3v) is 3.83. The van der Waals surface area contributed by atoms with Gasteiger partial charge >= 0.3 is 5.97 Å². The maximum Gasteiger partial charge on any atom is 0.357 e. The number of amides is 2. The minimum Gasteiger partial charge on any atom is -0.448 e. The summed E-state index contributed by atoms with van der Waals surface area (Å²) in [5.74, 6) is -1.59. The highest BCUT2D eigenvalue weighted by Gasteiger charge is 2.31. The minimum absolute atomic E-state index is 0.00365. The number of fused-ring (bicyclic) bond motifs is 1. The second-order valence-corrected chi connectivity index (χ2v) is 5.83. The molecular formula is C17H14ClN3O4. The fourth-order valence-electron chi connectivity index (χ4n) is 2.44. The summed E-state index contributed by atoms with van der Waals surface area (Å²) in [4.78, 5) is 41.7. The fraction of sp³-hybridized carbons (Fsp3) is 0.176. The van der Waals surface area contributed by atoms with Crippen LogP contribution in [0.4, 0.5) is 11.4 Å². The van der Waals surface area contributed by atoms with Crippen molar-refractivity contribution in [2.24, 2.45) is 0 Å². The average Bonchev–Trinajstić information content (AvgIpc) is 2.60. The number of para-hydroxylation sites is 2. The van der Waals surface area contributed by atoms with Crippen LogP contribution in [-0.2, 0) is 14.3 Å². The van der Waals surface area contributed by atoms with Crippen LogP contribution in [0.5, 0.6) is 0 Å². The van der Waals surface area contributed by atoms with E-state index >= 15 is 0 Å². The van der Waals surface area contributed by atoms with Crippen molar-refractivity contribution >= 4 is 40.8 Å². The van der Waals surface area contributed by atoms with E-state index in [-0.39, 0.29) is 18.1 Å². The summed E-state index contributed by atoms with van der Waals surface area (Å²) in [5, 5.41) is 3.03. The number of halogens is 1.